The number of rotatable bonds is 3. The highest BCUT2D eigenvalue weighted by Crippen LogP contribution is 2.25. The lowest BCUT2D eigenvalue weighted by Crippen LogP contribution is -2.34. The summed E-state index contributed by atoms with van der Waals surface area (Å²) in [5, 5.41) is 17.8. The van der Waals surface area contributed by atoms with E-state index in [1.54, 1.807) is 4.80 Å². The van der Waals surface area contributed by atoms with Crippen LogP contribution in [0.4, 0.5) is 5.69 Å². The third kappa shape index (κ3) is 4.70. The first-order chi connectivity index (χ1) is 17.2. The first-order valence-corrected chi connectivity index (χ1v) is 12.2. The summed E-state index contributed by atoms with van der Waals surface area (Å²) in [6, 6.07) is 25.7. The highest BCUT2D eigenvalue weighted by Gasteiger charge is 2.16. The monoisotopic (exact) mass is 493 g/mol. The second-order valence-electron chi connectivity index (χ2n) is 9.88. The number of benzene rings is 4. The number of aryl methyl sites for hydroxylation is 1. The minimum Gasteiger partial charge on any atom is -0.332 e. The standard InChI is InChI=1S/C29H27N5OS/c1-18-16-24-25(33-34(32-24)26-11-7-9-19-8-5-6-10-22(19)26)17-23(18)30-28(36)31-27(35)20-12-14-21(15-13-20)29(2,3)4/h5-17H,1-4H3,(H2,30,31,35,36). The van der Waals surface area contributed by atoms with Crippen molar-refractivity contribution in [2.24, 2.45) is 0 Å². The Bertz CT molecular complexity index is 1610. The van der Waals surface area contributed by atoms with Crippen molar-refractivity contribution in [3.63, 3.8) is 0 Å². The summed E-state index contributed by atoms with van der Waals surface area (Å²) in [7, 11) is 0. The second kappa shape index (κ2) is 9.17. The van der Waals surface area contributed by atoms with Crippen molar-refractivity contribution in [1.82, 2.24) is 20.3 Å². The number of nitrogens with zero attached hydrogens (tertiary/aromatic N) is 3. The van der Waals surface area contributed by atoms with Crippen LogP contribution in [-0.2, 0) is 5.41 Å². The number of nitrogens with one attached hydrogen (secondary N) is 2. The maximum absolute atomic E-state index is 12.7. The van der Waals surface area contributed by atoms with Crippen molar-refractivity contribution in [2.45, 2.75) is 33.1 Å². The van der Waals surface area contributed by atoms with Crippen LogP contribution in [0.15, 0.2) is 78.9 Å². The van der Waals surface area contributed by atoms with Crippen molar-refractivity contribution < 1.29 is 4.79 Å². The van der Waals surface area contributed by atoms with Gasteiger partial charge in [0.05, 0.1) is 5.69 Å². The van der Waals surface area contributed by atoms with Gasteiger partial charge in [0.25, 0.3) is 5.91 Å². The summed E-state index contributed by atoms with van der Waals surface area (Å²) >= 11 is 5.43. The van der Waals surface area contributed by atoms with Gasteiger partial charge in [0.1, 0.15) is 11.0 Å². The number of hydrogen-bond donors (Lipinski definition) is 2. The molecule has 180 valence electrons. The molecule has 36 heavy (non-hydrogen) atoms. The molecule has 0 unspecified atom stereocenters. The molecule has 1 heterocycles. The Morgan fingerprint density at radius 3 is 2.28 bits per heavy atom. The lowest BCUT2D eigenvalue weighted by Gasteiger charge is -2.19. The molecule has 5 aromatic rings. The summed E-state index contributed by atoms with van der Waals surface area (Å²) in [5.74, 6) is -0.256. The number of thiocarbonyl (C=S) groups is 1. The molecule has 4 aromatic carbocycles. The zero-order chi connectivity index (χ0) is 25.4. The molecule has 0 aliphatic carbocycles. The molecule has 1 amide bonds. The minimum atomic E-state index is -0.256. The number of carbonyl (C=O) groups is 1. The van der Waals surface area contributed by atoms with E-state index in [2.05, 4.69) is 49.6 Å². The van der Waals surface area contributed by atoms with Crippen molar-refractivity contribution in [3.05, 3.63) is 95.6 Å². The Kier molecular flexibility index (Phi) is 6.02. The molecule has 0 spiro atoms. The fraction of sp³-hybridized carbons (Fsp3) is 0.172. The van der Waals surface area contributed by atoms with E-state index in [1.165, 1.54) is 5.56 Å². The summed E-state index contributed by atoms with van der Waals surface area (Å²) in [5.41, 5.74) is 5.87. The maximum Gasteiger partial charge on any atom is 0.257 e. The van der Waals surface area contributed by atoms with Crippen molar-refractivity contribution in [3.8, 4) is 5.69 Å². The number of fused-ring (bicyclic) bond motifs is 2. The smallest absolute Gasteiger partial charge is 0.257 e. The average Bonchev–Trinajstić information content (AvgIpc) is 3.25. The number of carbonyl (C=O) groups excluding carboxylic acids is 1. The fourth-order valence-electron chi connectivity index (χ4n) is 4.14. The Morgan fingerprint density at radius 1 is 0.889 bits per heavy atom. The minimum absolute atomic E-state index is 0.0253. The van der Waals surface area contributed by atoms with Crippen LogP contribution in [0.2, 0.25) is 0 Å². The Morgan fingerprint density at radius 2 is 1.56 bits per heavy atom. The van der Waals surface area contributed by atoms with E-state index in [4.69, 9.17) is 22.4 Å². The third-order valence-corrected chi connectivity index (χ3v) is 6.40. The predicted octanol–water partition coefficient (Wildman–Crippen LogP) is 6.31. The van der Waals surface area contributed by atoms with Gasteiger partial charge in [0.15, 0.2) is 5.11 Å². The normalized spacial score (nSPS) is 11.6. The van der Waals surface area contributed by atoms with Gasteiger partial charge < -0.3 is 5.32 Å². The first kappa shape index (κ1) is 23.6. The molecule has 5 rings (SSSR count). The summed E-state index contributed by atoms with van der Waals surface area (Å²) in [6.07, 6.45) is 0. The molecule has 0 aliphatic rings. The molecular formula is C29H27N5OS. The lowest BCUT2D eigenvalue weighted by molar-refractivity contribution is 0.0977. The summed E-state index contributed by atoms with van der Waals surface area (Å²) < 4.78 is 0. The van der Waals surface area contributed by atoms with E-state index in [0.717, 1.165) is 38.7 Å². The molecule has 0 fully saturated rings. The van der Waals surface area contributed by atoms with Crippen LogP contribution in [0.1, 0.15) is 42.3 Å². The molecule has 0 radical (unpaired) electrons. The molecule has 0 atom stereocenters. The molecule has 0 bridgehead atoms. The average molecular weight is 494 g/mol. The predicted molar refractivity (Wildman–Crippen MR) is 150 cm³/mol. The van der Waals surface area contributed by atoms with Gasteiger partial charge in [-0.1, -0.05) is 69.3 Å². The molecule has 6 nitrogen and oxygen atoms in total. The summed E-state index contributed by atoms with van der Waals surface area (Å²) in [4.78, 5) is 14.4. The van der Waals surface area contributed by atoms with E-state index in [9.17, 15) is 4.79 Å². The molecular weight excluding hydrogens is 466 g/mol. The van der Waals surface area contributed by atoms with Crippen LogP contribution in [0.3, 0.4) is 0 Å². The van der Waals surface area contributed by atoms with Gasteiger partial charge in [-0.2, -0.15) is 0 Å². The largest absolute Gasteiger partial charge is 0.332 e. The Balaban J connectivity index is 1.35. The molecule has 7 heteroatoms. The van der Waals surface area contributed by atoms with E-state index in [-0.39, 0.29) is 16.4 Å². The fourth-order valence-corrected chi connectivity index (χ4v) is 4.35. The van der Waals surface area contributed by atoms with Gasteiger partial charge in [-0.25, -0.2) is 0 Å². The lowest BCUT2D eigenvalue weighted by atomic mass is 9.87. The Hall–Kier alpha value is -4.10. The topological polar surface area (TPSA) is 71.8 Å². The van der Waals surface area contributed by atoms with E-state index in [1.807, 2.05) is 67.6 Å². The number of aromatic nitrogens is 3. The third-order valence-electron chi connectivity index (χ3n) is 6.20. The van der Waals surface area contributed by atoms with Gasteiger partial charge in [-0.15, -0.1) is 15.0 Å². The quantitative estimate of drug-likeness (QED) is 0.288. The second-order valence-corrected chi connectivity index (χ2v) is 10.3. The van der Waals surface area contributed by atoms with Gasteiger partial charge in [0.2, 0.25) is 0 Å². The maximum atomic E-state index is 12.7. The van der Waals surface area contributed by atoms with E-state index in [0.29, 0.717) is 5.56 Å². The zero-order valence-corrected chi connectivity index (χ0v) is 21.5. The van der Waals surface area contributed by atoms with Crippen LogP contribution < -0.4 is 10.6 Å². The van der Waals surface area contributed by atoms with E-state index >= 15 is 0 Å². The van der Waals surface area contributed by atoms with Gasteiger partial charge in [-0.05, 0) is 71.4 Å². The first-order valence-electron chi connectivity index (χ1n) is 11.8. The molecule has 0 saturated carbocycles. The highest BCUT2D eigenvalue weighted by atomic mass is 32.1. The number of anilines is 1. The van der Waals surface area contributed by atoms with Crippen LogP contribution in [0, 0.1) is 6.92 Å². The molecule has 0 aliphatic heterocycles. The van der Waals surface area contributed by atoms with Gasteiger partial charge >= 0.3 is 0 Å². The SMILES string of the molecule is Cc1cc2nn(-c3cccc4ccccc34)nc2cc1NC(=S)NC(=O)c1ccc(C(C)(C)C)cc1. The van der Waals surface area contributed by atoms with Crippen molar-refractivity contribution in [1.29, 1.82) is 0 Å². The van der Waals surface area contributed by atoms with Gasteiger partial charge in [-0.3, -0.25) is 10.1 Å². The van der Waals surface area contributed by atoms with Crippen LogP contribution in [0.25, 0.3) is 27.5 Å². The highest BCUT2D eigenvalue weighted by molar-refractivity contribution is 7.80. The Labute approximate surface area is 215 Å². The number of amides is 1. The van der Waals surface area contributed by atoms with Gasteiger partial charge in [0, 0.05) is 16.6 Å². The zero-order valence-electron chi connectivity index (χ0n) is 20.7. The summed E-state index contributed by atoms with van der Waals surface area (Å²) in [6.45, 7) is 8.39. The number of hydrogen-bond acceptors (Lipinski definition) is 4. The van der Waals surface area contributed by atoms with Crippen LogP contribution in [0.5, 0.6) is 0 Å². The van der Waals surface area contributed by atoms with Crippen molar-refractivity contribution in [2.75, 3.05) is 5.32 Å². The molecule has 0 saturated heterocycles. The van der Waals surface area contributed by atoms with Crippen LogP contribution in [-0.4, -0.2) is 26.0 Å². The van der Waals surface area contributed by atoms with Crippen molar-refractivity contribution >= 4 is 50.7 Å². The van der Waals surface area contributed by atoms with Crippen LogP contribution >= 0.6 is 12.2 Å². The molecule has 2 N–H and O–H groups in total. The molecule has 1 aromatic heterocycles. The van der Waals surface area contributed by atoms with E-state index < -0.39 is 0 Å².